The Morgan fingerprint density at radius 1 is 1.00 bits per heavy atom. The van der Waals surface area contributed by atoms with Crippen LogP contribution in [0.25, 0.3) is 11.1 Å². The number of benzene rings is 2. The summed E-state index contributed by atoms with van der Waals surface area (Å²) in [6, 6.07) is 13.5. The second kappa shape index (κ2) is 10.6. The van der Waals surface area contributed by atoms with Crippen molar-refractivity contribution in [1.82, 2.24) is 4.90 Å². The Bertz CT molecular complexity index is 916. The first-order valence-electron chi connectivity index (χ1n) is 11.4. The molecule has 1 atom stereocenters. The van der Waals surface area contributed by atoms with E-state index in [4.69, 9.17) is 4.74 Å². The summed E-state index contributed by atoms with van der Waals surface area (Å²) < 4.78 is 44.4. The molecule has 1 fully saturated rings. The van der Waals surface area contributed by atoms with Gasteiger partial charge >= 0.3 is 201 Å². The monoisotopic (exact) mass is 523 g/mol. The van der Waals surface area contributed by atoms with E-state index in [1.54, 1.807) is 0 Å². The van der Waals surface area contributed by atoms with Gasteiger partial charge in [0, 0.05) is 0 Å². The number of piperidine rings is 1. The summed E-state index contributed by atoms with van der Waals surface area (Å²) in [5, 5.41) is 1.09. The zero-order valence-electron chi connectivity index (χ0n) is 19.7. The van der Waals surface area contributed by atoms with Crippen LogP contribution in [-0.4, -0.2) is 51.4 Å². The number of halogens is 3. The zero-order chi connectivity index (χ0) is 24.2. The van der Waals surface area contributed by atoms with Gasteiger partial charge in [-0.3, -0.25) is 0 Å². The van der Waals surface area contributed by atoms with Gasteiger partial charge in [-0.25, -0.2) is 0 Å². The first-order chi connectivity index (χ1) is 15.5. The molecule has 1 unspecified atom stereocenters. The summed E-state index contributed by atoms with van der Waals surface area (Å²) in [5.41, 5.74) is 1.78. The number of alkyl halides is 3. The summed E-state index contributed by atoms with van der Waals surface area (Å²) in [6.07, 6.45) is -2.19. The Kier molecular flexibility index (Phi) is 8.34. The topological polar surface area (TPSA) is 29.5 Å². The molecule has 1 aliphatic heterocycles. The van der Waals surface area contributed by atoms with E-state index in [1.165, 1.54) is 17.7 Å². The van der Waals surface area contributed by atoms with Gasteiger partial charge in [0.1, 0.15) is 0 Å². The average molecular weight is 523 g/mol. The first kappa shape index (κ1) is 25.8. The molecule has 0 amide bonds. The van der Waals surface area contributed by atoms with E-state index in [1.807, 2.05) is 39.8 Å². The van der Waals surface area contributed by atoms with Crippen molar-refractivity contribution in [2.24, 2.45) is 0 Å². The zero-order valence-corrected chi connectivity index (χ0v) is 21.8. The number of esters is 1. The van der Waals surface area contributed by atoms with Gasteiger partial charge < -0.3 is 0 Å². The molecular formula is C26H33AsF3NO2. The molecule has 0 aliphatic carbocycles. The molecule has 1 saturated heterocycles. The van der Waals surface area contributed by atoms with Crippen LogP contribution in [0.3, 0.4) is 0 Å². The molecule has 0 radical (unpaired) electrons. The van der Waals surface area contributed by atoms with Gasteiger partial charge in [-0.15, -0.1) is 0 Å². The molecule has 3 rings (SSSR count). The molecule has 1 aliphatic rings. The van der Waals surface area contributed by atoms with Gasteiger partial charge in [0.05, 0.1) is 0 Å². The summed E-state index contributed by atoms with van der Waals surface area (Å²) in [4.78, 5) is 14.7. The van der Waals surface area contributed by atoms with Crippen LogP contribution in [0, 0.1) is 0 Å². The minimum atomic E-state index is -4.31. The summed E-state index contributed by atoms with van der Waals surface area (Å²) in [6.45, 7) is 9.49. The van der Waals surface area contributed by atoms with Crippen molar-refractivity contribution in [3.63, 3.8) is 0 Å². The molecule has 0 spiro atoms. The van der Waals surface area contributed by atoms with Crippen LogP contribution in [0.2, 0.25) is 4.71 Å². The van der Waals surface area contributed by atoms with E-state index < -0.39 is 17.3 Å². The minimum absolute atomic E-state index is 0.105. The number of hydrogen-bond acceptors (Lipinski definition) is 3. The number of rotatable bonds is 7. The number of hydrogen-bond donors (Lipinski definition) is 0. The van der Waals surface area contributed by atoms with E-state index in [2.05, 4.69) is 17.0 Å². The van der Waals surface area contributed by atoms with Gasteiger partial charge in [0.2, 0.25) is 0 Å². The van der Waals surface area contributed by atoms with Crippen LogP contribution in [0.1, 0.15) is 51.7 Å². The van der Waals surface area contributed by atoms with E-state index >= 15 is 0 Å². The maximum absolute atomic E-state index is 12.8. The number of carbonyl (C=O) groups excluding carboxylic acids is 1. The predicted molar refractivity (Wildman–Crippen MR) is 128 cm³/mol. The van der Waals surface area contributed by atoms with E-state index in [9.17, 15) is 18.0 Å². The number of carbonyl (C=O) groups is 1. The number of ether oxygens (including phenoxy) is 1. The van der Waals surface area contributed by atoms with E-state index in [0.29, 0.717) is 0 Å². The number of nitrogens with zero attached hydrogens (tertiary/aromatic N) is 1. The Morgan fingerprint density at radius 2 is 1.52 bits per heavy atom. The Balaban J connectivity index is 1.49. The van der Waals surface area contributed by atoms with Gasteiger partial charge in [0.25, 0.3) is 0 Å². The SMILES string of the molecule is CC(C)OC(=O)C(C)(C)N1CCC([AsH]Cc2ccc(-c3ccc(C(F)(F)F)cc3)cc2)CC1. The molecule has 180 valence electrons. The van der Waals surface area contributed by atoms with Crippen molar-refractivity contribution >= 4 is 21.7 Å². The fourth-order valence-corrected chi connectivity index (χ4v) is 7.05. The maximum atomic E-state index is 12.8. The second-order valence-corrected chi connectivity index (χ2v) is 12.7. The molecule has 2 aromatic carbocycles. The fourth-order valence-electron chi connectivity index (χ4n) is 4.06. The molecule has 2 aromatic rings. The van der Waals surface area contributed by atoms with Crippen LogP contribution in [0.15, 0.2) is 48.5 Å². The second-order valence-electron chi connectivity index (χ2n) is 9.43. The molecule has 1 heterocycles. The summed E-state index contributed by atoms with van der Waals surface area (Å²) >= 11 is -0.162. The van der Waals surface area contributed by atoms with E-state index in [0.717, 1.165) is 59.1 Å². The van der Waals surface area contributed by atoms with Crippen LogP contribution >= 0.6 is 0 Å². The van der Waals surface area contributed by atoms with Crippen LogP contribution < -0.4 is 0 Å². The third-order valence-corrected chi connectivity index (χ3v) is 9.93. The molecule has 33 heavy (non-hydrogen) atoms. The van der Waals surface area contributed by atoms with Crippen LogP contribution in [0.4, 0.5) is 13.2 Å². The van der Waals surface area contributed by atoms with Gasteiger partial charge in [-0.05, 0) is 0 Å². The van der Waals surface area contributed by atoms with Crippen molar-refractivity contribution in [1.29, 1.82) is 0 Å². The molecule has 0 aromatic heterocycles. The van der Waals surface area contributed by atoms with Crippen molar-refractivity contribution in [2.45, 2.75) is 68.3 Å². The van der Waals surface area contributed by atoms with Gasteiger partial charge in [0.15, 0.2) is 0 Å². The predicted octanol–water partition coefficient (Wildman–Crippen LogP) is 5.92. The summed E-state index contributed by atoms with van der Waals surface area (Å²) in [5.74, 6) is -0.153. The van der Waals surface area contributed by atoms with Crippen molar-refractivity contribution < 1.29 is 22.7 Å². The molecule has 3 nitrogen and oxygen atoms in total. The van der Waals surface area contributed by atoms with Crippen LogP contribution in [-0.2, 0) is 20.9 Å². The molecular weight excluding hydrogens is 490 g/mol. The third kappa shape index (κ3) is 6.86. The third-order valence-electron chi connectivity index (χ3n) is 6.22. The molecule has 0 saturated carbocycles. The Labute approximate surface area is 201 Å². The Morgan fingerprint density at radius 3 is 2.00 bits per heavy atom. The van der Waals surface area contributed by atoms with Crippen molar-refractivity contribution in [2.75, 3.05) is 13.1 Å². The van der Waals surface area contributed by atoms with Gasteiger partial charge in [-0.1, -0.05) is 0 Å². The molecule has 0 N–H and O–H groups in total. The van der Waals surface area contributed by atoms with Crippen LogP contribution in [0.5, 0.6) is 0 Å². The number of likely N-dealkylation sites (tertiary alicyclic amines) is 1. The first-order valence-corrected chi connectivity index (χ1v) is 14.1. The molecule has 0 bridgehead atoms. The molecule has 7 heteroatoms. The van der Waals surface area contributed by atoms with Crippen molar-refractivity contribution in [3.8, 4) is 11.1 Å². The van der Waals surface area contributed by atoms with Crippen molar-refractivity contribution in [3.05, 3.63) is 59.7 Å². The standard InChI is InChI=1S/C26H33AsF3NO2/c1-18(2)33-24(32)25(3,4)31-15-13-23(14-16-31)27-17-19-5-7-20(8-6-19)21-9-11-22(12-10-21)26(28,29)30/h5-12,18,23,27H,13-17H2,1-4H3. The normalized spacial score (nSPS) is 16.6. The van der Waals surface area contributed by atoms with E-state index in [-0.39, 0.29) is 27.8 Å². The Hall–Kier alpha value is -1.78. The summed E-state index contributed by atoms with van der Waals surface area (Å²) in [7, 11) is 0. The quantitative estimate of drug-likeness (QED) is 0.333. The average Bonchev–Trinajstić information content (AvgIpc) is 2.77. The fraction of sp³-hybridized carbons (Fsp3) is 0.500. The van der Waals surface area contributed by atoms with Gasteiger partial charge in [-0.2, -0.15) is 0 Å².